The van der Waals surface area contributed by atoms with Crippen LogP contribution >= 0.6 is 11.6 Å². The molecular weight excluding hydrogens is 925 g/mol. The Balaban J connectivity index is 1.42. The Morgan fingerprint density at radius 1 is 0.901 bits per heavy atom. The van der Waals surface area contributed by atoms with Gasteiger partial charge < -0.3 is 39.3 Å². The van der Waals surface area contributed by atoms with Gasteiger partial charge in [0.05, 0.1) is 24.1 Å². The van der Waals surface area contributed by atoms with E-state index in [2.05, 4.69) is 24.9 Å². The fourth-order valence-corrected chi connectivity index (χ4v) is 10.8. The number of aliphatic hydroxyl groups excluding tert-OH is 2. The Morgan fingerprint density at radius 3 is 2.30 bits per heavy atom. The fourth-order valence-electron chi connectivity index (χ4n) is 10.7. The van der Waals surface area contributed by atoms with E-state index in [1.165, 1.54) is 57.1 Å². The molecule has 0 radical (unpaired) electrons. The van der Waals surface area contributed by atoms with Gasteiger partial charge in [-0.2, -0.15) is 0 Å². The first-order chi connectivity index (χ1) is 34.8. The van der Waals surface area contributed by atoms with Crippen LogP contribution in [0.15, 0.2) is 102 Å². The molecule has 1 heterocycles. The van der Waals surface area contributed by atoms with Crippen molar-refractivity contribution in [1.82, 2.24) is 10.2 Å². The van der Waals surface area contributed by atoms with Gasteiger partial charge in [0.2, 0.25) is 5.79 Å². The second-order valence-corrected chi connectivity index (χ2v) is 19.5. The second-order valence-electron chi connectivity index (χ2n) is 19.1. The number of hydrogen-bond donors (Lipinski definition) is 3. The van der Waals surface area contributed by atoms with Crippen molar-refractivity contribution in [1.29, 1.82) is 0 Å². The average molecular weight is 1000 g/mol. The van der Waals surface area contributed by atoms with Gasteiger partial charge in [0, 0.05) is 44.2 Å². The molecule has 0 bridgehead atoms. The van der Waals surface area contributed by atoms with Gasteiger partial charge in [0.1, 0.15) is 36.6 Å². The smallest absolute Gasteiger partial charge is 0.412 e. The number of nitrogens with zero attached hydrogens (tertiary/aromatic N) is 2. The number of hydrogen-bond acceptors (Lipinski definition) is 10. The number of carbonyl (C=O) groups excluding carboxylic acids is 2. The molecule has 0 saturated heterocycles. The number of amides is 2. The number of unbranched alkanes of at least 4 members (excludes halogenated alkanes) is 11. The third-order valence-electron chi connectivity index (χ3n) is 14.1. The number of allylic oxidation sites excluding steroid dienone is 1. The predicted octanol–water partition coefficient (Wildman–Crippen LogP) is 12.5. The van der Waals surface area contributed by atoms with E-state index in [-0.39, 0.29) is 69.6 Å². The maximum atomic E-state index is 14.6. The minimum absolute atomic E-state index is 0.000790. The third-order valence-corrected chi connectivity index (χ3v) is 14.2. The van der Waals surface area contributed by atoms with Gasteiger partial charge in [-0.25, -0.2) is 14.0 Å². The molecule has 388 valence electrons. The molecule has 2 amide bonds. The van der Waals surface area contributed by atoms with Crippen molar-refractivity contribution in [3.8, 4) is 11.5 Å². The van der Waals surface area contributed by atoms with E-state index in [0.29, 0.717) is 42.2 Å². The van der Waals surface area contributed by atoms with Crippen LogP contribution in [0.5, 0.6) is 11.5 Å². The zero-order valence-corrected chi connectivity index (χ0v) is 42.5. The van der Waals surface area contributed by atoms with Crippen LogP contribution in [0.2, 0.25) is 0 Å². The van der Waals surface area contributed by atoms with Crippen LogP contribution in [0.25, 0.3) is 0 Å². The number of alkyl halides is 1. The summed E-state index contributed by atoms with van der Waals surface area (Å²) in [6, 6.07) is 20.2. The van der Waals surface area contributed by atoms with Crippen molar-refractivity contribution in [3.05, 3.63) is 120 Å². The monoisotopic (exact) mass is 1000 g/mol. The lowest BCUT2D eigenvalue weighted by Gasteiger charge is -2.59. The molecule has 3 aliphatic rings. The van der Waals surface area contributed by atoms with Crippen LogP contribution in [-0.2, 0) is 27.5 Å². The summed E-state index contributed by atoms with van der Waals surface area (Å²) >= 11 is 6.11. The number of halogens is 2. The summed E-state index contributed by atoms with van der Waals surface area (Å²) in [4.78, 5) is 35.8. The van der Waals surface area contributed by atoms with Gasteiger partial charge in [0.25, 0.3) is 0 Å². The fraction of sp³-hybridized carbons (Fsp3) is 0.561. The molecule has 2 aliphatic carbocycles. The number of oxime groups is 1. The Hall–Kier alpha value is -4.95. The molecule has 14 heteroatoms. The molecule has 0 spiro atoms. The number of ether oxygens (including phenoxy) is 4. The standard InChI is InChI=1S/C57H77ClFN3O9/c1-3-5-6-7-8-9-10-11-12-18-32-60-55(65)70-46-29-30-51-49(38-46)53-47(24-17-20-34-64)44(23-16-19-33-63)37-48-50(61-69-41-43-21-14-13-15-22-43)39-52(57(71-51,54(48)53)68-35-4-2)62(56(66)67-36-31-58)40-42-25-27-45(59)28-26-42/h4,13-15,21-22,25-30,37-38,44,47,52-54,63-64H,2-3,5-12,16-20,23-24,31-36,39-41H2,1H3,(H,60,65). The Labute approximate surface area is 425 Å². The molecule has 6 atom stereocenters. The lowest BCUT2D eigenvalue weighted by molar-refractivity contribution is -0.256. The van der Waals surface area contributed by atoms with E-state index in [0.717, 1.165) is 61.6 Å². The van der Waals surface area contributed by atoms with E-state index in [1.54, 1.807) is 35.2 Å². The van der Waals surface area contributed by atoms with Crippen LogP contribution in [0, 0.1) is 23.6 Å². The van der Waals surface area contributed by atoms with E-state index < -0.39 is 35.8 Å². The maximum Gasteiger partial charge on any atom is 0.412 e. The zero-order chi connectivity index (χ0) is 50.3. The largest absolute Gasteiger partial charge is 0.459 e. The van der Waals surface area contributed by atoms with Gasteiger partial charge >= 0.3 is 12.2 Å². The van der Waals surface area contributed by atoms with Crippen molar-refractivity contribution in [2.45, 2.75) is 147 Å². The maximum absolute atomic E-state index is 14.6. The van der Waals surface area contributed by atoms with Crippen LogP contribution in [0.1, 0.15) is 139 Å². The van der Waals surface area contributed by atoms with Gasteiger partial charge in [-0.05, 0) is 91.0 Å². The van der Waals surface area contributed by atoms with Gasteiger partial charge in [-0.15, -0.1) is 18.2 Å². The number of carbonyl (C=O) groups is 2. The quantitative estimate of drug-likeness (QED) is 0.0248. The average Bonchev–Trinajstić information content (AvgIpc) is 3.38. The first-order valence-corrected chi connectivity index (χ1v) is 26.7. The van der Waals surface area contributed by atoms with E-state index in [9.17, 15) is 24.2 Å². The molecule has 1 saturated carbocycles. The number of benzene rings is 3. The summed E-state index contributed by atoms with van der Waals surface area (Å²) in [5.74, 6) is -2.17. The zero-order valence-electron chi connectivity index (χ0n) is 41.8. The summed E-state index contributed by atoms with van der Waals surface area (Å²) in [5.41, 5.74) is 3.81. The molecule has 12 nitrogen and oxygen atoms in total. The highest BCUT2D eigenvalue weighted by Crippen LogP contribution is 2.62. The van der Waals surface area contributed by atoms with Crippen molar-refractivity contribution in [3.63, 3.8) is 0 Å². The van der Waals surface area contributed by atoms with Crippen LogP contribution in [0.3, 0.4) is 0 Å². The highest BCUT2D eigenvalue weighted by atomic mass is 35.5. The lowest BCUT2D eigenvalue weighted by atomic mass is 9.55. The van der Waals surface area contributed by atoms with Crippen molar-refractivity contribution in [2.24, 2.45) is 22.9 Å². The Morgan fingerprint density at radius 2 is 1.61 bits per heavy atom. The van der Waals surface area contributed by atoms with Crippen molar-refractivity contribution >= 4 is 29.5 Å². The molecule has 3 N–H and O–H groups in total. The molecule has 71 heavy (non-hydrogen) atoms. The van der Waals surface area contributed by atoms with E-state index >= 15 is 0 Å². The molecule has 6 rings (SSSR count). The van der Waals surface area contributed by atoms with Crippen LogP contribution in [0.4, 0.5) is 14.0 Å². The molecule has 0 aromatic heterocycles. The lowest BCUT2D eigenvalue weighted by Crippen LogP contribution is -2.70. The van der Waals surface area contributed by atoms with Crippen molar-refractivity contribution in [2.75, 3.05) is 38.9 Å². The predicted molar refractivity (Wildman–Crippen MR) is 276 cm³/mol. The van der Waals surface area contributed by atoms with E-state index in [4.69, 9.17) is 40.5 Å². The van der Waals surface area contributed by atoms with Crippen molar-refractivity contribution < 1.29 is 48.0 Å². The normalized spacial score (nSPS) is 21.6. The van der Waals surface area contributed by atoms with Gasteiger partial charge in [-0.3, -0.25) is 4.90 Å². The topological polar surface area (TPSA) is 148 Å². The van der Waals surface area contributed by atoms with Crippen LogP contribution in [-0.4, -0.2) is 83.7 Å². The van der Waals surface area contributed by atoms with Crippen LogP contribution < -0.4 is 14.8 Å². The first-order valence-electron chi connectivity index (χ1n) is 26.2. The first kappa shape index (κ1) is 55.4. The highest BCUT2D eigenvalue weighted by molar-refractivity contribution is 6.18. The highest BCUT2D eigenvalue weighted by Gasteiger charge is 2.65. The summed E-state index contributed by atoms with van der Waals surface area (Å²) in [6.45, 7) is 7.04. The van der Waals surface area contributed by atoms with Gasteiger partial charge in [0.15, 0.2) is 0 Å². The molecule has 1 fully saturated rings. The summed E-state index contributed by atoms with van der Waals surface area (Å²) in [7, 11) is 0. The summed E-state index contributed by atoms with van der Waals surface area (Å²) < 4.78 is 40.6. The Kier molecular flexibility index (Phi) is 23.0. The summed E-state index contributed by atoms with van der Waals surface area (Å²) in [6.07, 6.45) is 19.0. The summed E-state index contributed by atoms with van der Waals surface area (Å²) in [5, 5.41) is 27.9. The molecular formula is C57H77ClFN3O9. The number of nitrogens with one attached hydrogen (secondary N) is 1. The minimum Gasteiger partial charge on any atom is -0.459 e. The van der Waals surface area contributed by atoms with E-state index in [1.807, 2.05) is 36.4 Å². The Bertz CT molecular complexity index is 2160. The minimum atomic E-state index is -1.59. The number of fused-ring (bicyclic) bond motifs is 2. The molecule has 6 unspecified atom stereocenters. The second kappa shape index (κ2) is 29.5. The number of rotatable bonds is 31. The van der Waals surface area contributed by atoms with Gasteiger partial charge in [-0.1, -0.05) is 137 Å². The number of aliphatic hydroxyl groups is 2. The SMILES string of the molecule is C=CCOC12Oc3ccc(OC(=O)NCCCCCCCCCCCC)cc3C3C(CCCCO)C(CCCCO)C=C(C(=NOCc4ccccc4)CC1N(Cc1ccc(F)cc1)C(=O)OCCCl)C32. The third kappa shape index (κ3) is 15.5. The molecule has 3 aromatic rings. The molecule has 3 aromatic carbocycles. The molecule has 1 aliphatic heterocycles.